The molecule has 0 aliphatic rings. The van der Waals surface area contributed by atoms with Crippen LogP contribution in [0.4, 0.5) is 5.95 Å². The Kier molecular flexibility index (Phi) is 4.49. The molecule has 4 aromatic rings. The van der Waals surface area contributed by atoms with E-state index >= 15 is 0 Å². The fraction of sp³-hybridized carbons (Fsp3) is 0.143. The van der Waals surface area contributed by atoms with Crippen LogP contribution in [-0.4, -0.2) is 25.3 Å². The summed E-state index contributed by atoms with van der Waals surface area (Å²) in [6.45, 7) is 4.41. The highest BCUT2D eigenvalue weighted by Crippen LogP contribution is 2.27. The largest absolute Gasteiger partial charge is 0.366 e. The first-order chi connectivity index (χ1) is 13.5. The van der Waals surface area contributed by atoms with Gasteiger partial charge in [0.1, 0.15) is 5.82 Å². The van der Waals surface area contributed by atoms with Crippen LogP contribution in [0.5, 0.6) is 0 Å². The van der Waals surface area contributed by atoms with Crippen molar-refractivity contribution in [2.75, 3.05) is 5.32 Å². The Bertz CT molecular complexity index is 1170. The number of aryl methyl sites for hydroxylation is 2. The lowest BCUT2D eigenvalue weighted by molar-refractivity contribution is 0.100. The molecule has 0 atom stereocenters. The van der Waals surface area contributed by atoms with Crippen molar-refractivity contribution >= 4 is 17.4 Å². The standard InChI is InChI=1S/C21H20N6O/c1-13-11-17-16(19(22)28)9-6-10-27(17)18(13)20-24-14(2)25-21(26-20)23-12-15-7-4-3-5-8-15/h3-11H,12H2,1-2H3,(H2,22,28)(H,23,24,25,26). The number of amides is 1. The average Bonchev–Trinajstić information content (AvgIpc) is 3.02. The minimum Gasteiger partial charge on any atom is -0.366 e. The number of carbonyl (C=O) groups excluding carboxylic acids is 1. The molecule has 0 radical (unpaired) electrons. The van der Waals surface area contributed by atoms with Gasteiger partial charge in [0, 0.05) is 12.7 Å². The van der Waals surface area contributed by atoms with E-state index in [0.717, 1.165) is 22.3 Å². The second-order valence-corrected chi connectivity index (χ2v) is 6.59. The highest BCUT2D eigenvalue weighted by atomic mass is 16.1. The van der Waals surface area contributed by atoms with Gasteiger partial charge in [-0.3, -0.25) is 4.79 Å². The first-order valence-electron chi connectivity index (χ1n) is 8.94. The average molecular weight is 372 g/mol. The van der Waals surface area contributed by atoms with Crippen LogP contribution in [0.2, 0.25) is 0 Å². The van der Waals surface area contributed by atoms with Gasteiger partial charge in [0.15, 0.2) is 5.82 Å². The van der Waals surface area contributed by atoms with E-state index in [1.165, 1.54) is 0 Å². The van der Waals surface area contributed by atoms with Crippen LogP contribution in [0.3, 0.4) is 0 Å². The van der Waals surface area contributed by atoms with Crippen molar-refractivity contribution in [1.29, 1.82) is 0 Å². The molecule has 0 saturated carbocycles. The van der Waals surface area contributed by atoms with Crippen molar-refractivity contribution in [1.82, 2.24) is 19.4 Å². The Labute approximate surface area is 162 Å². The molecule has 7 heteroatoms. The van der Waals surface area contributed by atoms with Crippen molar-refractivity contribution in [3.63, 3.8) is 0 Å². The quantitative estimate of drug-likeness (QED) is 0.561. The van der Waals surface area contributed by atoms with Crippen molar-refractivity contribution in [2.45, 2.75) is 20.4 Å². The van der Waals surface area contributed by atoms with Crippen molar-refractivity contribution in [2.24, 2.45) is 5.73 Å². The summed E-state index contributed by atoms with van der Waals surface area (Å²) in [4.78, 5) is 25.3. The lowest BCUT2D eigenvalue weighted by atomic mass is 10.2. The summed E-state index contributed by atoms with van der Waals surface area (Å²) in [6, 6.07) is 15.5. The van der Waals surface area contributed by atoms with Crippen LogP contribution in [0.1, 0.15) is 27.3 Å². The van der Waals surface area contributed by atoms with Crippen molar-refractivity contribution < 1.29 is 4.79 Å². The molecule has 0 spiro atoms. The summed E-state index contributed by atoms with van der Waals surface area (Å²) < 4.78 is 1.89. The summed E-state index contributed by atoms with van der Waals surface area (Å²) in [6.07, 6.45) is 1.88. The predicted molar refractivity (Wildman–Crippen MR) is 108 cm³/mol. The highest BCUT2D eigenvalue weighted by molar-refractivity contribution is 6.00. The van der Waals surface area contributed by atoms with Gasteiger partial charge in [0.2, 0.25) is 5.95 Å². The zero-order valence-corrected chi connectivity index (χ0v) is 15.7. The Hall–Kier alpha value is -3.74. The number of nitrogens with one attached hydrogen (secondary N) is 1. The first kappa shape index (κ1) is 17.7. The predicted octanol–water partition coefficient (Wildman–Crippen LogP) is 3.12. The van der Waals surface area contributed by atoms with Gasteiger partial charge in [0.25, 0.3) is 5.91 Å². The number of pyridine rings is 1. The molecule has 0 aliphatic heterocycles. The van der Waals surface area contributed by atoms with E-state index in [2.05, 4.69) is 20.3 Å². The molecule has 4 rings (SSSR count). The molecular weight excluding hydrogens is 352 g/mol. The van der Waals surface area contributed by atoms with E-state index in [0.29, 0.717) is 29.7 Å². The fourth-order valence-corrected chi connectivity index (χ4v) is 3.26. The van der Waals surface area contributed by atoms with Crippen LogP contribution in [0, 0.1) is 13.8 Å². The number of aromatic nitrogens is 4. The SMILES string of the molecule is Cc1nc(NCc2ccccc2)nc(-c2c(C)cc3c(C(N)=O)cccn23)n1. The molecule has 0 fully saturated rings. The molecule has 28 heavy (non-hydrogen) atoms. The van der Waals surface area contributed by atoms with Crippen LogP contribution in [0.15, 0.2) is 54.7 Å². The van der Waals surface area contributed by atoms with E-state index in [-0.39, 0.29) is 0 Å². The molecule has 0 aliphatic carbocycles. The lowest BCUT2D eigenvalue weighted by Gasteiger charge is -2.09. The zero-order valence-electron chi connectivity index (χ0n) is 15.7. The van der Waals surface area contributed by atoms with Gasteiger partial charge in [-0.1, -0.05) is 30.3 Å². The lowest BCUT2D eigenvalue weighted by Crippen LogP contribution is -2.12. The Morgan fingerprint density at radius 2 is 1.86 bits per heavy atom. The number of benzene rings is 1. The molecule has 3 N–H and O–H groups in total. The van der Waals surface area contributed by atoms with Gasteiger partial charge in [-0.05, 0) is 43.2 Å². The van der Waals surface area contributed by atoms with Gasteiger partial charge >= 0.3 is 0 Å². The third kappa shape index (κ3) is 3.29. The molecule has 7 nitrogen and oxygen atoms in total. The molecule has 0 saturated heterocycles. The summed E-state index contributed by atoms with van der Waals surface area (Å²) in [5, 5.41) is 3.26. The molecule has 1 aromatic carbocycles. The summed E-state index contributed by atoms with van der Waals surface area (Å²) in [5.41, 5.74) is 9.62. The molecule has 1 amide bonds. The normalized spacial score (nSPS) is 10.9. The monoisotopic (exact) mass is 372 g/mol. The maximum Gasteiger partial charge on any atom is 0.250 e. The van der Waals surface area contributed by atoms with Crippen LogP contribution >= 0.6 is 0 Å². The van der Waals surface area contributed by atoms with Gasteiger partial charge in [-0.15, -0.1) is 0 Å². The van der Waals surface area contributed by atoms with E-state index in [4.69, 9.17) is 5.73 Å². The van der Waals surface area contributed by atoms with Crippen molar-refractivity contribution in [3.8, 4) is 11.5 Å². The summed E-state index contributed by atoms with van der Waals surface area (Å²) in [5.74, 6) is 1.20. The van der Waals surface area contributed by atoms with Gasteiger partial charge in [0.05, 0.1) is 16.8 Å². The second-order valence-electron chi connectivity index (χ2n) is 6.59. The summed E-state index contributed by atoms with van der Waals surface area (Å²) in [7, 11) is 0. The summed E-state index contributed by atoms with van der Waals surface area (Å²) >= 11 is 0. The van der Waals surface area contributed by atoms with Gasteiger partial charge in [-0.2, -0.15) is 9.97 Å². The van der Waals surface area contributed by atoms with E-state index < -0.39 is 5.91 Å². The van der Waals surface area contributed by atoms with Gasteiger partial charge in [-0.25, -0.2) is 4.98 Å². The third-order valence-corrected chi connectivity index (χ3v) is 4.52. The van der Waals surface area contributed by atoms with Crippen molar-refractivity contribution in [3.05, 3.63) is 77.2 Å². The highest BCUT2D eigenvalue weighted by Gasteiger charge is 2.17. The number of hydrogen-bond donors (Lipinski definition) is 2. The topological polar surface area (TPSA) is 98.2 Å². The number of nitrogens with two attached hydrogens (primary N) is 1. The third-order valence-electron chi connectivity index (χ3n) is 4.52. The first-order valence-corrected chi connectivity index (χ1v) is 8.94. The molecule has 140 valence electrons. The minimum atomic E-state index is -0.466. The zero-order chi connectivity index (χ0) is 19.7. The molecule has 0 unspecified atom stereocenters. The van der Waals surface area contributed by atoms with E-state index in [1.54, 1.807) is 12.1 Å². The molecule has 0 bridgehead atoms. The number of carbonyl (C=O) groups is 1. The Morgan fingerprint density at radius 3 is 2.61 bits per heavy atom. The second kappa shape index (κ2) is 7.11. The minimum absolute atomic E-state index is 0.463. The van der Waals surface area contributed by atoms with E-state index in [9.17, 15) is 4.79 Å². The van der Waals surface area contributed by atoms with E-state index in [1.807, 2.05) is 60.8 Å². The smallest absolute Gasteiger partial charge is 0.250 e. The Balaban J connectivity index is 1.75. The van der Waals surface area contributed by atoms with Gasteiger partial charge < -0.3 is 15.5 Å². The maximum atomic E-state index is 11.8. The molecule has 3 aromatic heterocycles. The molecule has 3 heterocycles. The number of hydrogen-bond acceptors (Lipinski definition) is 5. The maximum absolute atomic E-state index is 11.8. The van der Waals surface area contributed by atoms with Crippen LogP contribution in [0.25, 0.3) is 17.0 Å². The number of anilines is 1. The Morgan fingerprint density at radius 1 is 1.07 bits per heavy atom. The van der Waals surface area contributed by atoms with Crippen LogP contribution in [-0.2, 0) is 6.54 Å². The number of nitrogens with zero attached hydrogens (tertiary/aromatic N) is 4. The van der Waals surface area contributed by atoms with Crippen LogP contribution < -0.4 is 11.1 Å². The number of fused-ring (bicyclic) bond motifs is 1. The fourth-order valence-electron chi connectivity index (χ4n) is 3.26. The number of primary amides is 1. The molecular formula is C21H20N6O. The number of rotatable bonds is 5.